The third kappa shape index (κ3) is 4.17. The first-order chi connectivity index (χ1) is 11.9. The number of allylic oxidation sites excluding steroid dienone is 1. The number of esters is 2. The number of carbonyl (C=O) groups excluding carboxylic acids is 2. The minimum atomic E-state index is -2.29. The molecule has 0 radical (unpaired) electrons. The Morgan fingerprint density at radius 1 is 1.28 bits per heavy atom. The molecule has 1 aromatic rings. The first-order valence-corrected chi connectivity index (χ1v) is 7.91. The van der Waals surface area contributed by atoms with Crippen molar-refractivity contribution in [2.75, 3.05) is 13.2 Å². The molecule has 1 aliphatic rings. The van der Waals surface area contributed by atoms with Crippen molar-refractivity contribution < 1.29 is 28.9 Å². The van der Waals surface area contributed by atoms with Gasteiger partial charge < -0.3 is 19.3 Å². The molecule has 2 atom stereocenters. The third-order valence-corrected chi connectivity index (χ3v) is 3.67. The van der Waals surface area contributed by atoms with Crippen molar-refractivity contribution in [2.45, 2.75) is 32.0 Å². The molecule has 0 saturated heterocycles. The van der Waals surface area contributed by atoms with Gasteiger partial charge in [-0.1, -0.05) is 12.1 Å². The van der Waals surface area contributed by atoms with Gasteiger partial charge >= 0.3 is 17.7 Å². The normalized spacial score (nSPS) is 22.2. The highest BCUT2D eigenvalue weighted by Crippen LogP contribution is 2.37. The monoisotopic (exact) mass is 345 g/mol. The highest BCUT2D eigenvalue weighted by molar-refractivity contribution is 5.88. The molecule has 1 heterocycles. The molecule has 0 saturated carbocycles. The number of hydrogen-bond acceptors (Lipinski definition) is 7. The van der Waals surface area contributed by atoms with Crippen molar-refractivity contribution in [3.05, 3.63) is 47.2 Å². The molecular weight excluding hydrogens is 326 g/mol. The number of nitriles is 1. The molecule has 0 aliphatic carbocycles. The van der Waals surface area contributed by atoms with Gasteiger partial charge in [0, 0.05) is 12.3 Å². The molecule has 2 unspecified atom stereocenters. The molecule has 0 amide bonds. The van der Waals surface area contributed by atoms with Crippen molar-refractivity contribution in [3.8, 4) is 6.07 Å². The summed E-state index contributed by atoms with van der Waals surface area (Å²) in [5.41, 5.74) is 1.19. The van der Waals surface area contributed by atoms with Crippen molar-refractivity contribution >= 4 is 11.9 Å². The van der Waals surface area contributed by atoms with E-state index in [2.05, 4.69) is 0 Å². The second-order valence-electron chi connectivity index (χ2n) is 5.40. The molecule has 7 nitrogen and oxygen atoms in total. The summed E-state index contributed by atoms with van der Waals surface area (Å²) < 4.78 is 15.0. The van der Waals surface area contributed by atoms with Gasteiger partial charge in [0.05, 0.1) is 24.8 Å². The maximum absolute atomic E-state index is 12.1. The highest BCUT2D eigenvalue weighted by atomic mass is 16.7. The van der Waals surface area contributed by atoms with E-state index in [9.17, 15) is 14.7 Å². The summed E-state index contributed by atoms with van der Waals surface area (Å²) >= 11 is 0. The Morgan fingerprint density at radius 2 is 1.92 bits per heavy atom. The molecule has 132 valence electrons. The molecule has 0 aromatic heterocycles. The topological polar surface area (TPSA) is 106 Å². The van der Waals surface area contributed by atoms with Gasteiger partial charge in [-0.2, -0.15) is 5.26 Å². The van der Waals surface area contributed by atoms with Gasteiger partial charge in [0.25, 0.3) is 0 Å². The molecule has 0 bridgehead atoms. The van der Waals surface area contributed by atoms with Gasteiger partial charge in [-0.3, -0.25) is 0 Å². The van der Waals surface area contributed by atoms with Crippen molar-refractivity contribution in [3.63, 3.8) is 0 Å². The van der Waals surface area contributed by atoms with Crippen LogP contribution in [0.25, 0.3) is 0 Å². The Labute approximate surface area is 145 Å². The van der Waals surface area contributed by atoms with Gasteiger partial charge in [-0.25, -0.2) is 9.59 Å². The lowest BCUT2D eigenvalue weighted by molar-refractivity contribution is -0.224. The number of ether oxygens (including phenoxy) is 3. The molecule has 0 spiro atoms. The molecule has 1 aliphatic heterocycles. The number of hydrogen-bond donors (Lipinski definition) is 1. The van der Waals surface area contributed by atoms with Gasteiger partial charge in [0.1, 0.15) is 0 Å². The van der Waals surface area contributed by atoms with E-state index in [1.54, 1.807) is 38.1 Å². The Hall–Kier alpha value is -2.85. The van der Waals surface area contributed by atoms with Crippen LogP contribution in [0.1, 0.15) is 37.3 Å². The standard InChI is InChI=1S/C18H19NO6/c1-3-23-16(20)15-9-14(13-7-5-12(11-19)6-8-13)10-18(22,25-15)17(21)24-4-2/h5-9,14,22H,3-4,10H2,1-2H3. The summed E-state index contributed by atoms with van der Waals surface area (Å²) in [7, 11) is 0. The smallest absolute Gasteiger partial charge is 0.379 e. The van der Waals surface area contributed by atoms with Gasteiger partial charge in [0.2, 0.25) is 5.76 Å². The fourth-order valence-electron chi connectivity index (χ4n) is 2.50. The second-order valence-corrected chi connectivity index (χ2v) is 5.40. The largest absolute Gasteiger partial charge is 0.461 e. The maximum atomic E-state index is 12.1. The van der Waals surface area contributed by atoms with E-state index in [-0.39, 0.29) is 25.4 Å². The van der Waals surface area contributed by atoms with E-state index in [0.29, 0.717) is 11.1 Å². The SMILES string of the molecule is CCOC(=O)C1=CC(c2ccc(C#N)cc2)CC(O)(C(=O)OCC)O1. The summed E-state index contributed by atoms with van der Waals surface area (Å²) in [6.45, 7) is 3.42. The Balaban J connectivity index is 2.38. The van der Waals surface area contributed by atoms with Gasteiger partial charge in [-0.15, -0.1) is 0 Å². The number of benzene rings is 1. The molecular formula is C18H19NO6. The van der Waals surface area contributed by atoms with Crippen molar-refractivity contribution in [1.82, 2.24) is 0 Å². The fourth-order valence-corrected chi connectivity index (χ4v) is 2.50. The van der Waals surface area contributed by atoms with Crippen LogP contribution in [0.2, 0.25) is 0 Å². The van der Waals surface area contributed by atoms with Crippen LogP contribution in [0, 0.1) is 11.3 Å². The lowest BCUT2D eigenvalue weighted by atomic mass is 9.88. The zero-order valence-corrected chi connectivity index (χ0v) is 14.0. The minimum Gasteiger partial charge on any atom is -0.461 e. The molecule has 7 heteroatoms. The molecule has 0 fully saturated rings. The predicted molar refractivity (Wildman–Crippen MR) is 85.9 cm³/mol. The molecule has 1 N–H and O–H groups in total. The van der Waals surface area contributed by atoms with Crippen molar-refractivity contribution in [1.29, 1.82) is 5.26 Å². The Bertz CT molecular complexity index is 718. The highest BCUT2D eigenvalue weighted by Gasteiger charge is 2.47. The quantitative estimate of drug-likeness (QED) is 0.810. The van der Waals surface area contributed by atoms with Crippen LogP contribution >= 0.6 is 0 Å². The average Bonchev–Trinajstić information content (AvgIpc) is 2.61. The summed E-state index contributed by atoms with van der Waals surface area (Å²) in [6.07, 6.45) is 1.37. The maximum Gasteiger partial charge on any atom is 0.379 e. The van der Waals surface area contributed by atoms with E-state index in [1.165, 1.54) is 6.08 Å². The van der Waals surface area contributed by atoms with Crippen LogP contribution in [-0.4, -0.2) is 36.0 Å². The number of carbonyl (C=O) groups is 2. The summed E-state index contributed by atoms with van der Waals surface area (Å²) in [5, 5.41) is 19.5. The van der Waals surface area contributed by atoms with E-state index < -0.39 is 23.6 Å². The first-order valence-electron chi connectivity index (χ1n) is 7.91. The lowest BCUT2D eigenvalue weighted by Crippen LogP contribution is -2.46. The zero-order valence-electron chi connectivity index (χ0n) is 14.0. The summed E-state index contributed by atoms with van der Waals surface area (Å²) in [4.78, 5) is 24.1. The third-order valence-electron chi connectivity index (χ3n) is 3.67. The van der Waals surface area contributed by atoms with Crippen LogP contribution in [0.3, 0.4) is 0 Å². The van der Waals surface area contributed by atoms with Gasteiger partial charge in [-0.05, 0) is 37.6 Å². The van der Waals surface area contributed by atoms with E-state index >= 15 is 0 Å². The van der Waals surface area contributed by atoms with E-state index in [4.69, 9.17) is 19.5 Å². The Morgan fingerprint density at radius 3 is 2.48 bits per heavy atom. The first kappa shape index (κ1) is 18.5. The number of rotatable bonds is 5. The van der Waals surface area contributed by atoms with E-state index in [1.807, 2.05) is 6.07 Å². The van der Waals surface area contributed by atoms with E-state index in [0.717, 1.165) is 0 Å². The average molecular weight is 345 g/mol. The molecule has 25 heavy (non-hydrogen) atoms. The number of nitrogens with zero attached hydrogens (tertiary/aromatic N) is 1. The van der Waals surface area contributed by atoms with Crippen LogP contribution in [0.5, 0.6) is 0 Å². The fraction of sp³-hybridized carbons (Fsp3) is 0.389. The molecule has 1 aromatic carbocycles. The van der Waals surface area contributed by atoms with Gasteiger partial charge in [0.15, 0.2) is 0 Å². The van der Waals surface area contributed by atoms with Crippen LogP contribution in [0.15, 0.2) is 36.1 Å². The van der Waals surface area contributed by atoms with Crippen LogP contribution in [0.4, 0.5) is 0 Å². The summed E-state index contributed by atoms with van der Waals surface area (Å²) in [6, 6.07) is 8.64. The number of aliphatic hydroxyl groups is 1. The predicted octanol–water partition coefficient (Wildman–Crippen LogP) is 1.76. The Kier molecular flexibility index (Phi) is 5.78. The molecule has 2 rings (SSSR count). The van der Waals surface area contributed by atoms with Crippen molar-refractivity contribution in [2.24, 2.45) is 0 Å². The zero-order chi connectivity index (χ0) is 18.4. The van der Waals surface area contributed by atoms with Crippen LogP contribution in [-0.2, 0) is 23.8 Å². The summed E-state index contributed by atoms with van der Waals surface area (Å²) in [5.74, 6) is -4.77. The minimum absolute atomic E-state index is 0.0600. The lowest BCUT2D eigenvalue weighted by Gasteiger charge is -2.33. The van der Waals surface area contributed by atoms with Crippen LogP contribution < -0.4 is 0 Å². The second kappa shape index (κ2) is 7.81.